The molecular weight excluding hydrogens is 260 g/mol. The molecule has 2 heterocycles. The zero-order valence-corrected chi connectivity index (χ0v) is 11.5. The normalized spacial score (nSPS) is 32.2. The van der Waals surface area contributed by atoms with Gasteiger partial charge in [0, 0.05) is 37.2 Å². The molecule has 0 bridgehead atoms. The van der Waals surface area contributed by atoms with Crippen molar-refractivity contribution in [2.24, 2.45) is 5.41 Å². The summed E-state index contributed by atoms with van der Waals surface area (Å²) < 4.78 is 27.1. The van der Waals surface area contributed by atoms with E-state index < -0.39 is 11.3 Å². The number of alkyl halides is 2. The number of halogens is 2. The van der Waals surface area contributed by atoms with Crippen molar-refractivity contribution >= 4 is 5.82 Å². The van der Waals surface area contributed by atoms with Crippen molar-refractivity contribution in [2.45, 2.75) is 50.4 Å². The second-order valence-electron chi connectivity index (χ2n) is 6.62. The summed E-state index contributed by atoms with van der Waals surface area (Å²) >= 11 is 0. The summed E-state index contributed by atoms with van der Waals surface area (Å²) in [5.74, 6) is -1.07. The molecule has 3 fully saturated rings. The smallest absolute Gasteiger partial charge is 0.256 e. The van der Waals surface area contributed by atoms with E-state index in [2.05, 4.69) is 9.97 Å². The number of anilines is 1. The first-order valence-corrected chi connectivity index (χ1v) is 7.54. The van der Waals surface area contributed by atoms with Crippen LogP contribution in [0, 0.1) is 5.41 Å². The summed E-state index contributed by atoms with van der Waals surface area (Å²) in [7, 11) is 0. The zero-order valence-electron chi connectivity index (χ0n) is 11.5. The average Bonchev–Trinajstić information content (AvgIpc) is 2.87. The maximum atomic E-state index is 13.6. The quantitative estimate of drug-likeness (QED) is 0.831. The molecule has 5 heteroatoms. The van der Waals surface area contributed by atoms with E-state index in [9.17, 15) is 8.78 Å². The third-order valence-corrected chi connectivity index (χ3v) is 5.31. The molecule has 3 nitrogen and oxygen atoms in total. The van der Waals surface area contributed by atoms with Gasteiger partial charge in [0.05, 0.1) is 5.41 Å². The fourth-order valence-corrected chi connectivity index (χ4v) is 3.61. The molecule has 0 amide bonds. The van der Waals surface area contributed by atoms with Gasteiger partial charge in [-0.05, 0) is 25.7 Å². The van der Waals surface area contributed by atoms with Gasteiger partial charge in [-0.15, -0.1) is 0 Å². The fraction of sp³-hybridized carbons (Fsp3) is 0.733. The Morgan fingerprint density at radius 1 is 1.20 bits per heavy atom. The highest BCUT2D eigenvalue weighted by Gasteiger charge is 2.71. The first kappa shape index (κ1) is 12.5. The molecule has 20 heavy (non-hydrogen) atoms. The van der Waals surface area contributed by atoms with E-state index in [-0.39, 0.29) is 6.42 Å². The molecule has 4 rings (SSSR count). The molecule has 0 radical (unpaired) electrons. The largest absolute Gasteiger partial charge is 0.356 e. The van der Waals surface area contributed by atoms with Crippen LogP contribution in [0.5, 0.6) is 0 Å². The van der Waals surface area contributed by atoms with E-state index in [1.165, 1.54) is 19.3 Å². The molecule has 1 aromatic heterocycles. The van der Waals surface area contributed by atoms with Crippen LogP contribution in [0.2, 0.25) is 0 Å². The van der Waals surface area contributed by atoms with Crippen molar-refractivity contribution in [2.75, 3.05) is 18.0 Å². The molecular formula is C15H19F2N3. The number of rotatable bonds is 2. The lowest BCUT2D eigenvalue weighted by molar-refractivity contribution is 0.0575. The molecule has 108 valence electrons. The Labute approximate surface area is 117 Å². The lowest BCUT2D eigenvalue weighted by Gasteiger charge is -2.34. The van der Waals surface area contributed by atoms with Crippen molar-refractivity contribution < 1.29 is 8.78 Å². The van der Waals surface area contributed by atoms with Gasteiger partial charge in [-0.25, -0.2) is 18.7 Å². The van der Waals surface area contributed by atoms with Gasteiger partial charge < -0.3 is 4.90 Å². The molecule has 1 atom stereocenters. The van der Waals surface area contributed by atoms with Crippen LogP contribution < -0.4 is 4.90 Å². The van der Waals surface area contributed by atoms with Gasteiger partial charge >= 0.3 is 0 Å². The predicted molar refractivity (Wildman–Crippen MR) is 72.1 cm³/mol. The van der Waals surface area contributed by atoms with Crippen molar-refractivity contribution in [3.05, 3.63) is 18.1 Å². The molecule has 1 unspecified atom stereocenters. The van der Waals surface area contributed by atoms with Gasteiger partial charge in [0.15, 0.2) is 0 Å². The zero-order chi connectivity index (χ0) is 13.8. The van der Waals surface area contributed by atoms with Crippen LogP contribution in [0.3, 0.4) is 0 Å². The molecule has 2 aliphatic carbocycles. The lowest BCUT2D eigenvalue weighted by atomic mass is 9.83. The van der Waals surface area contributed by atoms with E-state index in [0.717, 1.165) is 24.5 Å². The predicted octanol–water partition coefficient (Wildman–Crippen LogP) is 3.37. The lowest BCUT2D eigenvalue weighted by Crippen LogP contribution is -2.39. The van der Waals surface area contributed by atoms with Crippen LogP contribution in [0.1, 0.15) is 50.1 Å². The topological polar surface area (TPSA) is 29.0 Å². The molecule has 3 aliphatic rings. The Morgan fingerprint density at radius 3 is 2.65 bits per heavy atom. The van der Waals surface area contributed by atoms with Gasteiger partial charge in [0.1, 0.15) is 12.1 Å². The highest BCUT2D eigenvalue weighted by atomic mass is 19.3. The van der Waals surface area contributed by atoms with E-state index in [1.807, 2.05) is 11.0 Å². The van der Waals surface area contributed by atoms with Crippen LogP contribution >= 0.6 is 0 Å². The average molecular weight is 279 g/mol. The summed E-state index contributed by atoms with van der Waals surface area (Å²) in [4.78, 5) is 10.7. The van der Waals surface area contributed by atoms with Crippen LogP contribution in [0.4, 0.5) is 14.6 Å². The van der Waals surface area contributed by atoms with Gasteiger partial charge in [-0.1, -0.05) is 6.42 Å². The third-order valence-electron chi connectivity index (χ3n) is 5.31. The second kappa shape index (κ2) is 4.12. The van der Waals surface area contributed by atoms with Crippen molar-refractivity contribution in [1.82, 2.24) is 9.97 Å². The van der Waals surface area contributed by atoms with Gasteiger partial charge in [0.2, 0.25) is 0 Å². The van der Waals surface area contributed by atoms with Crippen molar-refractivity contribution in [3.8, 4) is 0 Å². The van der Waals surface area contributed by atoms with Crippen molar-refractivity contribution in [3.63, 3.8) is 0 Å². The molecule has 1 spiro atoms. The second-order valence-corrected chi connectivity index (χ2v) is 6.62. The number of aromatic nitrogens is 2. The van der Waals surface area contributed by atoms with Crippen LogP contribution in [-0.2, 0) is 0 Å². The molecule has 1 aromatic rings. The highest BCUT2D eigenvalue weighted by Crippen LogP contribution is 2.64. The van der Waals surface area contributed by atoms with Crippen LogP contribution in [0.25, 0.3) is 0 Å². The minimum absolute atomic E-state index is 0.0526. The summed E-state index contributed by atoms with van der Waals surface area (Å²) in [5, 5.41) is 0. The van der Waals surface area contributed by atoms with E-state index in [1.54, 1.807) is 6.33 Å². The monoisotopic (exact) mass is 279 g/mol. The minimum Gasteiger partial charge on any atom is -0.356 e. The molecule has 1 saturated heterocycles. The molecule has 0 N–H and O–H groups in total. The van der Waals surface area contributed by atoms with Crippen LogP contribution in [0.15, 0.2) is 12.4 Å². The Hall–Kier alpha value is -1.26. The van der Waals surface area contributed by atoms with Gasteiger partial charge in [-0.3, -0.25) is 0 Å². The Morgan fingerprint density at radius 2 is 2.00 bits per heavy atom. The highest BCUT2D eigenvalue weighted by molar-refractivity contribution is 5.42. The molecule has 2 saturated carbocycles. The Bertz CT molecular complexity index is 530. The SMILES string of the molecule is FC1(F)CC12CCCN(c1cc(C3CCC3)ncn1)C2. The maximum Gasteiger partial charge on any atom is 0.256 e. The fourth-order valence-electron chi connectivity index (χ4n) is 3.61. The Kier molecular flexibility index (Phi) is 2.57. The van der Waals surface area contributed by atoms with E-state index >= 15 is 0 Å². The number of nitrogens with zero attached hydrogens (tertiary/aromatic N) is 3. The molecule has 1 aliphatic heterocycles. The summed E-state index contributed by atoms with van der Waals surface area (Å²) in [6.07, 6.45) is 6.78. The van der Waals surface area contributed by atoms with Gasteiger partial charge in [0.25, 0.3) is 5.92 Å². The van der Waals surface area contributed by atoms with Crippen LogP contribution in [-0.4, -0.2) is 29.0 Å². The summed E-state index contributed by atoms with van der Waals surface area (Å²) in [5.41, 5.74) is 0.316. The first-order chi connectivity index (χ1) is 9.60. The summed E-state index contributed by atoms with van der Waals surface area (Å²) in [6.45, 7) is 1.28. The maximum absolute atomic E-state index is 13.6. The number of hydrogen-bond donors (Lipinski definition) is 0. The number of hydrogen-bond acceptors (Lipinski definition) is 3. The number of piperidine rings is 1. The minimum atomic E-state index is -2.46. The third kappa shape index (κ3) is 1.82. The Balaban J connectivity index is 1.55. The molecule has 0 aromatic carbocycles. The van der Waals surface area contributed by atoms with E-state index in [4.69, 9.17) is 0 Å². The van der Waals surface area contributed by atoms with E-state index in [0.29, 0.717) is 18.9 Å². The van der Waals surface area contributed by atoms with Gasteiger partial charge in [-0.2, -0.15) is 0 Å². The summed E-state index contributed by atoms with van der Waals surface area (Å²) in [6, 6.07) is 2.02. The van der Waals surface area contributed by atoms with Crippen molar-refractivity contribution in [1.29, 1.82) is 0 Å². The standard InChI is InChI=1S/C15H19F2N3/c16-15(17)8-14(15)5-2-6-20(9-14)13-7-12(18-10-19-13)11-3-1-4-11/h7,10-11H,1-6,8-9H2. The first-order valence-electron chi connectivity index (χ1n) is 7.54.